The summed E-state index contributed by atoms with van der Waals surface area (Å²) in [5.74, 6) is 0.984. The molecule has 0 unspecified atom stereocenters. The molecule has 0 spiro atoms. The molecule has 8 heteroatoms. The number of carbonyl (C=O) groups excluding carboxylic acids is 1. The van der Waals surface area contributed by atoms with E-state index in [2.05, 4.69) is 20.6 Å². The molecule has 1 amide bonds. The molecule has 0 bridgehead atoms. The van der Waals surface area contributed by atoms with E-state index in [9.17, 15) is 4.79 Å². The van der Waals surface area contributed by atoms with Gasteiger partial charge in [-0.3, -0.25) is 9.48 Å². The zero-order valence-electron chi connectivity index (χ0n) is 13.3. The maximum absolute atomic E-state index is 12.2. The normalized spacial score (nSPS) is 11.1. The van der Waals surface area contributed by atoms with Crippen LogP contribution in [-0.4, -0.2) is 39.5 Å². The summed E-state index contributed by atoms with van der Waals surface area (Å²) in [5.41, 5.74) is 1.39. The van der Waals surface area contributed by atoms with Crippen molar-refractivity contribution in [2.24, 2.45) is 7.05 Å². The molecule has 0 radical (unpaired) electrons. The lowest BCUT2D eigenvalue weighted by Gasteiger charge is -2.01. The summed E-state index contributed by atoms with van der Waals surface area (Å²) in [6.07, 6.45) is 0.553. The van der Waals surface area contributed by atoms with Crippen LogP contribution in [-0.2, 0) is 24.8 Å². The Labute approximate surface area is 128 Å². The number of methoxy groups -OCH3 is 1. The molecule has 0 saturated carbocycles. The maximum atomic E-state index is 12.2. The zero-order valence-corrected chi connectivity index (χ0v) is 13.3. The first-order valence-electron chi connectivity index (χ1n) is 7.13. The SMILES string of the molecule is COCCc1nc(CNC(=O)c2cc(C(C)C)nn2C)no1. The lowest BCUT2D eigenvalue weighted by molar-refractivity contribution is 0.0940. The van der Waals surface area contributed by atoms with Gasteiger partial charge >= 0.3 is 0 Å². The summed E-state index contributed by atoms with van der Waals surface area (Å²) in [6.45, 7) is 4.79. The topological polar surface area (TPSA) is 95.1 Å². The van der Waals surface area contributed by atoms with Gasteiger partial charge in [-0.15, -0.1) is 0 Å². The van der Waals surface area contributed by atoms with Gasteiger partial charge in [-0.25, -0.2) is 0 Å². The third-order valence-corrected chi connectivity index (χ3v) is 3.16. The number of hydrogen-bond donors (Lipinski definition) is 1. The lowest BCUT2D eigenvalue weighted by Crippen LogP contribution is -2.25. The van der Waals surface area contributed by atoms with Crippen molar-refractivity contribution >= 4 is 5.91 Å². The van der Waals surface area contributed by atoms with Gasteiger partial charge in [0.1, 0.15) is 5.69 Å². The second-order valence-electron chi connectivity index (χ2n) is 5.26. The van der Waals surface area contributed by atoms with E-state index in [-0.39, 0.29) is 18.4 Å². The van der Waals surface area contributed by atoms with E-state index in [0.29, 0.717) is 30.4 Å². The van der Waals surface area contributed by atoms with Crippen LogP contribution in [0.2, 0.25) is 0 Å². The van der Waals surface area contributed by atoms with Crippen molar-refractivity contribution in [3.63, 3.8) is 0 Å². The molecule has 8 nitrogen and oxygen atoms in total. The van der Waals surface area contributed by atoms with Crippen LogP contribution in [0.4, 0.5) is 0 Å². The van der Waals surface area contributed by atoms with Gasteiger partial charge < -0.3 is 14.6 Å². The van der Waals surface area contributed by atoms with Crippen LogP contribution >= 0.6 is 0 Å². The van der Waals surface area contributed by atoms with E-state index < -0.39 is 0 Å². The van der Waals surface area contributed by atoms with Gasteiger partial charge in [-0.2, -0.15) is 10.1 Å². The molecule has 2 aromatic heterocycles. The second kappa shape index (κ2) is 7.17. The minimum atomic E-state index is -0.217. The Balaban J connectivity index is 1.93. The van der Waals surface area contributed by atoms with Crippen LogP contribution in [0.3, 0.4) is 0 Å². The van der Waals surface area contributed by atoms with Gasteiger partial charge in [0.05, 0.1) is 25.3 Å². The fourth-order valence-corrected chi connectivity index (χ4v) is 1.89. The number of carbonyl (C=O) groups is 1. The Morgan fingerprint density at radius 1 is 1.50 bits per heavy atom. The first kappa shape index (κ1) is 16.2. The van der Waals surface area contributed by atoms with E-state index in [4.69, 9.17) is 9.26 Å². The largest absolute Gasteiger partial charge is 0.384 e. The summed E-state index contributed by atoms with van der Waals surface area (Å²) < 4.78 is 11.6. The molecule has 0 aromatic carbocycles. The first-order chi connectivity index (χ1) is 10.5. The van der Waals surface area contributed by atoms with Gasteiger partial charge in [0, 0.05) is 14.2 Å². The van der Waals surface area contributed by atoms with Gasteiger partial charge in [0.15, 0.2) is 5.82 Å². The van der Waals surface area contributed by atoms with Crippen molar-refractivity contribution < 1.29 is 14.1 Å². The van der Waals surface area contributed by atoms with E-state index in [1.807, 2.05) is 13.8 Å². The van der Waals surface area contributed by atoms with Crippen molar-refractivity contribution in [3.8, 4) is 0 Å². The molecule has 0 atom stereocenters. The zero-order chi connectivity index (χ0) is 16.1. The van der Waals surface area contributed by atoms with E-state index in [0.717, 1.165) is 5.69 Å². The van der Waals surface area contributed by atoms with Crippen molar-refractivity contribution in [1.29, 1.82) is 0 Å². The minimum Gasteiger partial charge on any atom is -0.384 e. The van der Waals surface area contributed by atoms with Crippen molar-refractivity contribution in [3.05, 3.63) is 29.2 Å². The molecule has 0 aliphatic carbocycles. The highest BCUT2D eigenvalue weighted by atomic mass is 16.5. The summed E-state index contributed by atoms with van der Waals surface area (Å²) >= 11 is 0. The molecule has 2 heterocycles. The highest BCUT2D eigenvalue weighted by Crippen LogP contribution is 2.13. The Hall–Kier alpha value is -2.22. The van der Waals surface area contributed by atoms with Crippen LogP contribution < -0.4 is 5.32 Å². The third kappa shape index (κ3) is 3.91. The van der Waals surface area contributed by atoms with Crippen molar-refractivity contribution in [2.45, 2.75) is 32.7 Å². The molecule has 0 aliphatic rings. The van der Waals surface area contributed by atoms with Crippen LogP contribution in [0.5, 0.6) is 0 Å². The van der Waals surface area contributed by atoms with Crippen LogP contribution in [0.1, 0.15) is 47.7 Å². The molecule has 2 rings (SSSR count). The number of ether oxygens (including phenoxy) is 1. The summed E-state index contributed by atoms with van der Waals surface area (Å²) in [5, 5.41) is 10.9. The summed E-state index contributed by atoms with van der Waals surface area (Å²) in [4.78, 5) is 16.3. The third-order valence-electron chi connectivity index (χ3n) is 3.16. The number of amides is 1. The summed E-state index contributed by atoms with van der Waals surface area (Å²) in [7, 11) is 3.36. The highest BCUT2D eigenvalue weighted by molar-refractivity contribution is 5.92. The number of nitrogens with zero attached hydrogens (tertiary/aromatic N) is 4. The molecule has 120 valence electrons. The van der Waals surface area contributed by atoms with Gasteiger partial charge in [0.25, 0.3) is 5.91 Å². The minimum absolute atomic E-state index is 0.206. The highest BCUT2D eigenvalue weighted by Gasteiger charge is 2.15. The molecule has 0 saturated heterocycles. The molecular formula is C14H21N5O3. The summed E-state index contributed by atoms with van der Waals surface area (Å²) in [6, 6.07) is 1.79. The Bertz CT molecular complexity index is 632. The van der Waals surface area contributed by atoms with Crippen LogP contribution in [0.25, 0.3) is 0 Å². The van der Waals surface area contributed by atoms with Crippen molar-refractivity contribution in [1.82, 2.24) is 25.2 Å². The fourth-order valence-electron chi connectivity index (χ4n) is 1.89. The number of hydrogen-bond acceptors (Lipinski definition) is 6. The van der Waals surface area contributed by atoms with E-state index >= 15 is 0 Å². The predicted octanol–water partition coefficient (Wildman–Crippen LogP) is 1.05. The second-order valence-corrected chi connectivity index (χ2v) is 5.26. The van der Waals surface area contributed by atoms with E-state index in [1.165, 1.54) is 0 Å². The lowest BCUT2D eigenvalue weighted by atomic mass is 10.1. The standard InChI is InChI=1S/C14H21N5O3/c1-9(2)10-7-11(19(3)17-10)14(20)15-8-12-16-13(22-18-12)5-6-21-4/h7,9H,5-6,8H2,1-4H3,(H,15,20). The molecular weight excluding hydrogens is 286 g/mol. The van der Waals surface area contributed by atoms with Crippen LogP contribution in [0.15, 0.2) is 10.6 Å². The quantitative estimate of drug-likeness (QED) is 0.821. The predicted molar refractivity (Wildman–Crippen MR) is 78.3 cm³/mol. The number of nitrogens with one attached hydrogen (secondary N) is 1. The Morgan fingerprint density at radius 3 is 2.91 bits per heavy atom. The average Bonchev–Trinajstić information content (AvgIpc) is 3.09. The molecule has 0 aliphatic heterocycles. The van der Waals surface area contributed by atoms with E-state index in [1.54, 1.807) is 24.9 Å². The number of rotatable bonds is 7. The Morgan fingerprint density at radius 2 is 2.27 bits per heavy atom. The number of aryl methyl sites for hydroxylation is 1. The Kier molecular flexibility index (Phi) is 5.26. The molecule has 1 N–H and O–H groups in total. The fraction of sp³-hybridized carbons (Fsp3) is 0.571. The first-order valence-corrected chi connectivity index (χ1v) is 7.13. The number of aromatic nitrogens is 4. The monoisotopic (exact) mass is 307 g/mol. The van der Waals surface area contributed by atoms with Crippen LogP contribution in [0, 0.1) is 0 Å². The van der Waals surface area contributed by atoms with Gasteiger partial charge in [0.2, 0.25) is 5.89 Å². The molecule has 2 aromatic rings. The molecule has 22 heavy (non-hydrogen) atoms. The molecule has 0 fully saturated rings. The van der Waals surface area contributed by atoms with Gasteiger partial charge in [-0.05, 0) is 12.0 Å². The smallest absolute Gasteiger partial charge is 0.269 e. The average molecular weight is 307 g/mol. The van der Waals surface area contributed by atoms with Crippen molar-refractivity contribution in [2.75, 3.05) is 13.7 Å². The maximum Gasteiger partial charge on any atom is 0.269 e. The van der Waals surface area contributed by atoms with Gasteiger partial charge in [-0.1, -0.05) is 19.0 Å².